The molecule has 7 heteroatoms. The number of carbonyl (C=O) groups excluding carboxylic acids is 1. The monoisotopic (exact) mass is 361 g/mol. The zero-order valence-corrected chi connectivity index (χ0v) is 15.6. The summed E-state index contributed by atoms with van der Waals surface area (Å²) in [7, 11) is -0.609. The number of carbonyl (C=O) groups is 1. The van der Waals surface area contributed by atoms with E-state index in [1.54, 1.807) is 19.1 Å². The Morgan fingerprint density at radius 1 is 1.04 bits per heavy atom. The topological polar surface area (TPSA) is 78.5 Å². The molecule has 25 heavy (non-hydrogen) atoms. The van der Waals surface area contributed by atoms with Gasteiger partial charge < -0.3 is 10.6 Å². The summed E-state index contributed by atoms with van der Waals surface area (Å²) in [6, 6.07) is 13.5. The van der Waals surface area contributed by atoms with Crippen LogP contribution in [0, 0.1) is 6.92 Å². The van der Waals surface area contributed by atoms with Gasteiger partial charge in [0, 0.05) is 25.5 Å². The van der Waals surface area contributed by atoms with E-state index in [4.69, 9.17) is 0 Å². The Morgan fingerprint density at radius 3 is 2.32 bits per heavy atom. The van der Waals surface area contributed by atoms with Crippen molar-refractivity contribution in [2.75, 3.05) is 24.7 Å². The van der Waals surface area contributed by atoms with E-state index in [1.807, 2.05) is 31.2 Å². The fourth-order valence-electron chi connectivity index (χ4n) is 2.25. The van der Waals surface area contributed by atoms with Crippen molar-refractivity contribution in [1.82, 2.24) is 4.31 Å². The van der Waals surface area contributed by atoms with E-state index in [0.29, 0.717) is 5.69 Å². The zero-order valence-electron chi connectivity index (χ0n) is 14.8. The third-order valence-corrected chi connectivity index (χ3v) is 5.49. The molecule has 0 fully saturated rings. The third kappa shape index (κ3) is 4.80. The van der Waals surface area contributed by atoms with Gasteiger partial charge in [-0.2, -0.15) is 0 Å². The molecule has 0 spiro atoms. The fourth-order valence-corrected chi connectivity index (χ4v) is 3.19. The number of aryl methyl sites for hydroxylation is 1. The minimum atomic E-state index is -3.54. The van der Waals surface area contributed by atoms with Crippen LogP contribution < -0.4 is 10.6 Å². The molecule has 0 heterocycles. The number of benzene rings is 2. The molecule has 134 valence electrons. The highest BCUT2D eigenvalue weighted by Crippen LogP contribution is 2.18. The second-order valence-electron chi connectivity index (χ2n) is 6.04. The highest BCUT2D eigenvalue weighted by Gasteiger charge is 2.18. The molecule has 0 bridgehead atoms. The van der Waals surface area contributed by atoms with Crippen molar-refractivity contribution in [2.45, 2.75) is 24.8 Å². The number of sulfonamides is 1. The van der Waals surface area contributed by atoms with Crippen molar-refractivity contribution in [1.29, 1.82) is 0 Å². The first-order chi connectivity index (χ1) is 11.7. The first kappa shape index (κ1) is 19.0. The number of anilines is 2. The quantitative estimate of drug-likeness (QED) is 0.829. The van der Waals surface area contributed by atoms with Crippen LogP contribution in [-0.2, 0) is 14.8 Å². The third-order valence-electron chi connectivity index (χ3n) is 3.67. The van der Waals surface area contributed by atoms with Gasteiger partial charge in [-0.1, -0.05) is 18.2 Å². The number of nitrogens with one attached hydrogen (secondary N) is 2. The Hall–Kier alpha value is -2.38. The molecular weight excluding hydrogens is 338 g/mol. The highest BCUT2D eigenvalue weighted by molar-refractivity contribution is 7.89. The van der Waals surface area contributed by atoms with E-state index in [9.17, 15) is 13.2 Å². The number of hydrogen-bond acceptors (Lipinski definition) is 4. The molecule has 2 aromatic rings. The maximum atomic E-state index is 12.4. The summed E-state index contributed by atoms with van der Waals surface area (Å²) in [6.45, 7) is 3.73. The van der Waals surface area contributed by atoms with Gasteiger partial charge in [-0.15, -0.1) is 0 Å². The summed E-state index contributed by atoms with van der Waals surface area (Å²) in [6.07, 6.45) is 0. The Balaban J connectivity index is 2.10. The van der Waals surface area contributed by atoms with E-state index in [2.05, 4.69) is 10.6 Å². The van der Waals surface area contributed by atoms with Crippen molar-refractivity contribution in [3.05, 3.63) is 54.1 Å². The van der Waals surface area contributed by atoms with E-state index < -0.39 is 16.1 Å². The van der Waals surface area contributed by atoms with Crippen LogP contribution in [0.2, 0.25) is 0 Å². The van der Waals surface area contributed by atoms with E-state index in [1.165, 1.54) is 26.2 Å². The summed E-state index contributed by atoms with van der Waals surface area (Å²) in [5, 5.41) is 5.87. The van der Waals surface area contributed by atoms with Gasteiger partial charge in [-0.05, 0) is 49.7 Å². The lowest BCUT2D eigenvalue weighted by Crippen LogP contribution is -2.32. The SMILES string of the molecule is Cc1cccc(N[C@@H](C)C(=O)Nc2cccc(S(=O)(=O)N(C)C)c2)c1. The van der Waals surface area contributed by atoms with Crippen LogP contribution in [-0.4, -0.2) is 38.8 Å². The summed E-state index contributed by atoms with van der Waals surface area (Å²) in [4.78, 5) is 12.5. The highest BCUT2D eigenvalue weighted by atomic mass is 32.2. The molecule has 0 saturated carbocycles. The minimum absolute atomic E-state index is 0.134. The molecule has 2 aromatic carbocycles. The van der Waals surface area contributed by atoms with Gasteiger partial charge in [-0.3, -0.25) is 4.79 Å². The normalized spacial score (nSPS) is 12.7. The molecule has 2 rings (SSSR count). The van der Waals surface area contributed by atoms with Gasteiger partial charge in [0.05, 0.1) is 4.90 Å². The largest absolute Gasteiger partial charge is 0.374 e. The van der Waals surface area contributed by atoms with Crippen LogP contribution in [0.4, 0.5) is 11.4 Å². The molecule has 0 radical (unpaired) electrons. The van der Waals surface area contributed by atoms with Crippen LogP contribution in [0.5, 0.6) is 0 Å². The van der Waals surface area contributed by atoms with E-state index >= 15 is 0 Å². The lowest BCUT2D eigenvalue weighted by Gasteiger charge is -2.16. The second kappa shape index (κ2) is 7.67. The Bertz CT molecular complexity index is 863. The van der Waals surface area contributed by atoms with Crippen LogP contribution in [0.1, 0.15) is 12.5 Å². The molecule has 1 amide bonds. The molecule has 0 aliphatic carbocycles. The molecule has 0 saturated heterocycles. The molecule has 0 aromatic heterocycles. The summed E-state index contributed by atoms with van der Waals surface area (Å²) < 4.78 is 25.5. The molecule has 1 atom stereocenters. The lowest BCUT2D eigenvalue weighted by molar-refractivity contribution is -0.116. The number of rotatable bonds is 6. The van der Waals surface area contributed by atoms with E-state index in [-0.39, 0.29) is 10.8 Å². The number of nitrogens with zero attached hydrogens (tertiary/aromatic N) is 1. The van der Waals surface area contributed by atoms with Crippen molar-refractivity contribution in [3.63, 3.8) is 0 Å². The Kier molecular flexibility index (Phi) is 5.81. The summed E-state index contributed by atoms with van der Waals surface area (Å²) >= 11 is 0. The first-order valence-electron chi connectivity index (χ1n) is 7.87. The number of amides is 1. The van der Waals surface area contributed by atoms with Gasteiger partial charge in [0.15, 0.2) is 0 Å². The van der Waals surface area contributed by atoms with Crippen molar-refractivity contribution in [2.24, 2.45) is 0 Å². The van der Waals surface area contributed by atoms with Crippen LogP contribution in [0.3, 0.4) is 0 Å². The van der Waals surface area contributed by atoms with Gasteiger partial charge in [0.2, 0.25) is 15.9 Å². The van der Waals surface area contributed by atoms with Crippen molar-refractivity contribution < 1.29 is 13.2 Å². The molecule has 2 N–H and O–H groups in total. The average Bonchev–Trinajstić information content (AvgIpc) is 2.54. The Morgan fingerprint density at radius 2 is 1.68 bits per heavy atom. The second-order valence-corrected chi connectivity index (χ2v) is 8.19. The van der Waals surface area contributed by atoms with Crippen molar-refractivity contribution in [3.8, 4) is 0 Å². The smallest absolute Gasteiger partial charge is 0.246 e. The fraction of sp³-hybridized carbons (Fsp3) is 0.278. The summed E-state index contributed by atoms with van der Waals surface area (Å²) in [5.74, 6) is -0.249. The van der Waals surface area contributed by atoms with E-state index in [0.717, 1.165) is 15.6 Å². The minimum Gasteiger partial charge on any atom is -0.374 e. The van der Waals surface area contributed by atoms with Gasteiger partial charge in [0.1, 0.15) is 6.04 Å². The van der Waals surface area contributed by atoms with Crippen LogP contribution in [0.25, 0.3) is 0 Å². The molecule has 0 aliphatic heterocycles. The molecule has 6 nitrogen and oxygen atoms in total. The number of hydrogen-bond donors (Lipinski definition) is 2. The lowest BCUT2D eigenvalue weighted by atomic mass is 10.2. The van der Waals surface area contributed by atoms with Crippen LogP contribution >= 0.6 is 0 Å². The summed E-state index contributed by atoms with van der Waals surface area (Å²) in [5.41, 5.74) is 2.39. The molecular formula is C18H23N3O3S. The Labute approximate surface area is 148 Å². The van der Waals surface area contributed by atoms with Gasteiger partial charge in [-0.25, -0.2) is 12.7 Å². The average molecular weight is 361 g/mol. The predicted octanol–water partition coefficient (Wildman–Crippen LogP) is 2.68. The van der Waals surface area contributed by atoms with Crippen molar-refractivity contribution >= 4 is 27.3 Å². The molecule has 0 aliphatic rings. The van der Waals surface area contributed by atoms with Crippen LogP contribution in [0.15, 0.2) is 53.4 Å². The first-order valence-corrected chi connectivity index (χ1v) is 9.31. The standard InChI is InChI=1S/C18H23N3O3S/c1-13-7-5-8-15(11-13)19-14(2)18(22)20-16-9-6-10-17(12-16)25(23,24)21(3)4/h5-12,14,19H,1-4H3,(H,20,22)/t14-/m0/s1. The maximum Gasteiger partial charge on any atom is 0.246 e. The maximum absolute atomic E-state index is 12.4. The van der Waals surface area contributed by atoms with Gasteiger partial charge >= 0.3 is 0 Å². The van der Waals surface area contributed by atoms with Gasteiger partial charge in [0.25, 0.3) is 0 Å². The molecule has 0 unspecified atom stereocenters. The predicted molar refractivity (Wildman–Crippen MR) is 100 cm³/mol. The zero-order chi connectivity index (χ0) is 18.6.